The summed E-state index contributed by atoms with van der Waals surface area (Å²) < 4.78 is 0. The van der Waals surface area contributed by atoms with E-state index in [-0.39, 0.29) is 36.6 Å². The number of rotatable bonds is 7. The van der Waals surface area contributed by atoms with Crippen molar-refractivity contribution in [1.29, 1.82) is 0 Å². The van der Waals surface area contributed by atoms with Gasteiger partial charge in [-0.3, -0.25) is 14.5 Å². The van der Waals surface area contributed by atoms with Crippen LogP contribution in [0, 0.1) is 6.92 Å². The molecule has 1 aliphatic heterocycles. The third kappa shape index (κ3) is 8.50. The van der Waals surface area contributed by atoms with E-state index in [2.05, 4.69) is 15.5 Å². The van der Waals surface area contributed by atoms with Crippen LogP contribution in [0.4, 0.5) is 11.4 Å². The lowest BCUT2D eigenvalue weighted by Gasteiger charge is -2.25. The second-order valence-electron chi connectivity index (χ2n) is 7.70. The average molecular weight is 467 g/mol. The molecular weight excluding hydrogens is 435 g/mol. The summed E-state index contributed by atoms with van der Waals surface area (Å²) in [5, 5.41) is 5.84. The molecule has 1 saturated heterocycles. The van der Waals surface area contributed by atoms with E-state index in [1.54, 1.807) is 6.07 Å². The van der Waals surface area contributed by atoms with Crippen molar-refractivity contribution in [3.8, 4) is 0 Å². The number of hydrogen-bond donors (Lipinski definition) is 3. The van der Waals surface area contributed by atoms with Crippen molar-refractivity contribution in [2.24, 2.45) is 5.73 Å². The van der Waals surface area contributed by atoms with Crippen LogP contribution in [0.1, 0.15) is 30.4 Å². The number of nitrogens with one attached hydrogen (secondary N) is 2. The highest BCUT2D eigenvalue weighted by atomic mass is 35.5. The van der Waals surface area contributed by atoms with E-state index in [0.717, 1.165) is 37.1 Å². The Bertz CT molecular complexity index is 843. The Morgan fingerprint density at radius 3 is 2.35 bits per heavy atom. The summed E-state index contributed by atoms with van der Waals surface area (Å²) in [6, 6.07) is 14.5. The molecule has 0 bridgehead atoms. The second-order valence-corrected chi connectivity index (χ2v) is 7.70. The van der Waals surface area contributed by atoms with Crippen molar-refractivity contribution in [1.82, 2.24) is 4.90 Å². The Morgan fingerprint density at radius 1 is 1.00 bits per heavy atom. The van der Waals surface area contributed by atoms with E-state index in [1.165, 1.54) is 6.42 Å². The largest absolute Gasteiger partial charge is 0.325 e. The van der Waals surface area contributed by atoms with Gasteiger partial charge in [0.15, 0.2) is 0 Å². The van der Waals surface area contributed by atoms with Crippen molar-refractivity contribution in [2.45, 2.75) is 38.6 Å². The van der Waals surface area contributed by atoms with Gasteiger partial charge in [-0.25, -0.2) is 0 Å². The molecule has 0 radical (unpaired) electrons. The Balaban J connectivity index is 0.00000240. The molecule has 0 aliphatic carbocycles. The summed E-state index contributed by atoms with van der Waals surface area (Å²) in [6.07, 6.45) is 4.01. The number of amides is 2. The molecule has 8 heteroatoms. The first kappa shape index (κ1) is 26.9. The number of anilines is 2. The van der Waals surface area contributed by atoms with Crippen molar-refractivity contribution < 1.29 is 9.59 Å². The van der Waals surface area contributed by atoms with Crippen LogP contribution in [0.25, 0.3) is 0 Å². The van der Waals surface area contributed by atoms with Crippen molar-refractivity contribution >= 4 is 48.0 Å². The van der Waals surface area contributed by atoms with Crippen LogP contribution in [-0.4, -0.2) is 42.4 Å². The number of nitrogens with two attached hydrogens (primary N) is 1. The van der Waals surface area contributed by atoms with Gasteiger partial charge >= 0.3 is 0 Å². The zero-order valence-electron chi connectivity index (χ0n) is 17.8. The van der Waals surface area contributed by atoms with Crippen LogP contribution >= 0.6 is 24.8 Å². The predicted molar refractivity (Wildman–Crippen MR) is 131 cm³/mol. The molecule has 2 aromatic carbocycles. The van der Waals surface area contributed by atoms with E-state index in [4.69, 9.17) is 5.73 Å². The fourth-order valence-electron chi connectivity index (χ4n) is 3.54. The number of nitrogens with zero attached hydrogens (tertiary/aromatic N) is 1. The van der Waals surface area contributed by atoms with Gasteiger partial charge in [-0.1, -0.05) is 42.8 Å². The third-order valence-corrected chi connectivity index (χ3v) is 5.23. The van der Waals surface area contributed by atoms with Crippen LogP contribution < -0.4 is 16.4 Å². The van der Waals surface area contributed by atoms with Crippen molar-refractivity contribution in [3.05, 3.63) is 59.7 Å². The van der Waals surface area contributed by atoms with Crippen LogP contribution in [0.3, 0.4) is 0 Å². The summed E-state index contributed by atoms with van der Waals surface area (Å²) in [4.78, 5) is 27.1. The van der Waals surface area contributed by atoms with Gasteiger partial charge in [-0.2, -0.15) is 0 Å². The lowest BCUT2D eigenvalue weighted by atomic mass is 10.1. The third-order valence-electron chi connectivity index (χ3n) is 5.23. The minimum Gasteiger partial charge on any atom is -0.325 e. The SMILES string of the molecule is Cc1ccc(NC(=O)C(N)Cc2ccccc2)cc1NC(=O)CN1CCCCC1.Cl.Cl. The summed E-state index contributed by atoms with van der Waals surface area (Å²) in [5.41, 5.74) is 9.36. The quantitative estimate of drug-likeness (QED) is 0.579. The molecule has 1 atom stereocenters. The highest BCUT2D eigenvalue weighted by Crippen LogP contribution is 2.21. The number of benzene rings is 2. The highest BCUT2D eigenvalue weighted by Gasteiger charge is 2.16. The van der Waals surface area contributed by atoms with Gasteiger partial charge in [0.2, 0.25) is 11.8 Å². The predicted octanol–water partition coefficient (Wildman–Crippen LogP) is 3.77. The minimum atomic E-state index is -0.643. The summed E-state index contributed by atoms with van der Waals surface area (Å²) in [7, 11) is 0. The fraction of sp³-hybridized carbons (Fsp3) is 0.391. The Kier molecular flexibility index (Phi) is 11.6. The first-order valence-electron chi connectivity index (χ1n) is 10.2. The number of halogens is 2. The standard InChI is InChI=1S/C23H30N4O2.2ClH/c1-17-10-11-19(25-23(29)20(24)14-18-8-4-2-5-9-18)15-21(17)26-22(28)16-27-12-6-3-7-13-27;;/h2,4-5,8-11,15,20H,3,6-7,12-14,16,24H2,1H3,(H,25,29)(H,26,28);2*1H. The number of aryl methyl sites for hydroxylation is 1. The van der Waals surface area contributed by atoms with Crippen molar-refractivity contribution in [3.63, 3.8) is 0 Å². The normalized spacial score (nSPS) is 14.5. The van der Waals surface area contributed by atoms with Gasteiger partial charge in [0.1, 0.15) is 0 Å². The van der Waals surface area contributed by atoms with Gasteiger partial charge < -0.3 is 16.4 Å². The van der Waals surface area contributed by atoms with Gasteiger partial charge in [0.25, 0.3) is 0 Å². The number of likely N-dealkylation sites (tertiary alicyclic amines) is 1. The summed E-state index contributed by atoms with van der Waals surface area (Å²) >= 11 is 0. The zero-order valence-corrected chi connectivity index (χ0v) is 19.4. The molecule has 4 N–H and O–H groups in total. The molecule has 31 heavy (non-hydrogen) atoms. The molecule has 0 saturated carbocycles. The van der Waals surface area contributed by atoms with E-state index < -0.39 is 6.04 Å². The van der Waals surface area contributed by atoms with E-state index in [1.807, 2.05) is 49.4 Å². The minimum absolute atomic E-state index is 0. The lowest BCUT2D eigenvalue weighted by Crippen LogP contribution is -2.37. The summed E-state index contributed by atoms with van der Waals surface area (Å²) in [6.45, 7) is 4.28. The smallest absolute Gasteiger partial charge is 0.241 e. The molecule has 2 amide bonds. The zero-order chi connectivity index (χ0) is 20.6. The van der Waals surface area contributed by atoms with Gasteiger partial charge in [0, 0.05) is 11.4 Å². The number of piperidine rings is 1. The number of carbonyl (C=O) groups excluding carboxylic acids is 2. The van der Waals surface area contributed by atoms with Gasteiger partial charge in [-0.05, 0) is 62.5 Å². The number of hydrogen-bond acceptors (Lipinski definition) is 4. The Hall–Kier alpha value is -2.12. The maximum Gasteiger partial charge on any atom is 0.241 e. The first-order valence-corrected chi connectivity index (χ1v) is 10.2. The molecular formula is C23H32Cl2N4O2. The van der Waals surface area contributed by atoms with Gasteiger partial charge in [-0.15, -0.1) is 24.8 Å². The molecule has 0 spiro atoms. The van der Waals surface area contributed by atoms with E-state index >= 15 is 0 Å². The summed E-state index contributed by atoms with van der Waals surface area (Å²) in [5.74, 6) is -0.275. The molecule has 1 aliphatic rings. The fourth-order valence-corrected chi connectivity index (χ4v) is 3.54. The molecule has 6 nitrogen and oxygen atoms in total. The second kappa shape index (κ2) is 13.3. The highest BCUT2D eigenvalue weighted by molar-refractivity contribution is 5.97. The van der Waals surface area contributed by atoms with E-state index in [9.17, 15) is 9.59 Å². The van der Waals surface area contributed by atoms with Crippen molar-refractivity contribution in [2.75, 3.05) is 30.3 Å². The average Bonchev–Trinajstić information content (AvgIpc) is 2.72. The molecule has 2 aromatic rings. The topological polar surface area (TPSA) is 87.5 Å². The van der Waals surface area contributed by atoms with Crippen LogP contribution in [0.15, 0.2) is 48.5 Å². The molecule has 170 valence electrons. The van der Waals surface area contributed by atoms with Crippen LogP contribution in [-0.2, 0) is 16.0 Å². The monoisotopic (exact) mass is 466 g/mol. The maximum absolute atomic E-state index is 12.5. The molecule has 1 fully saturated rings. The Morgan fingerprint density at radius 2 is 1.68 bits per heavy atom. The van der Waals surface area contributed by atoms with Gasteiger partial charge in [0.05, 0.1) is 12.6 Å². The number of carbonyl (C=O) groups is 2. The molecule has 1 heterocycles. The van der Waals surface area contributed by atoms with E-state index in [0.29, 0.717) is 24.3 Å². The first-order chi connectivity index (χ1) is 14.0. The van der Waals surface area contributed by atoms with Crippen LogP contribution in [0.5, 0.6) is 0 Å². The molecule has 0 aromatic heterocycles. The lowest BCUT2D eigenvalue weighted by molar-refractivity contribution is -0.118. The molecule has 3 rings (SSSR count). The Labute approximate surface area is 196 Å². The van der Waals surface area contributed by atoms with Crippen LogP contribution in [0.2, 0.25) is 0 Å². The maximum atomic E-state index is 12.5. The molecule has 1 unspecified atom stereocenters.